The Kier molecular flexibility index (Phi) is 8.11. The molecule has 0 fully saturated rings. The van der Waals surface area contributed by atoms with Crippen molar-refractivity contribution >= 4 is 17.6 Å². The highest BCUT2D eigenvalue weighted by atomic mass is 35.5. The zero-order valence-corrected chi connectivity index (χ0v) is 11.8. The number of ether oxygens (including phenoxy) is 1. The first-order valence-electron chi connectivity index (χ1n) is 6.16. The fraction of sp³-hybridized carbons (Fsp3) is 0.188. The summed E-state index contributed by atoms with van der Waals surface area (Å²) in [6, 6.07) is 19.0. The van der Waals surface area contributed by atoms with E-state index in [-0.39, 0.29) is 18.5 Å². The van der Waals surface area contributed by atoms with Crippen molar-refractivity contribution in [2.45, 2.75) is 13.2 Å². The van der Waals surface area contributed by atoms with Crippen LogP contribution in [0.1, 0.15) is 11.1 Å². The van der Waals surface area contributed by atoms with E-state index < -0.39 is 0 Å². The van der Waals surface area contributed by atoms with E-state index in [1.54, 1.807) is 0 Å². The molecule has 0 aliphatic carbocycles. The molecule has 0 radical (unpaired) electrons. The second-order valence-electron chi connectivity index (χ2n) is 3.92. The van der Waals surface area contributed by atoms with Crippen LogP contribution in [0.2, 0.25) is 0 Å². The first-order chi connectivity index (χ1) is 9.76. The minimum absolute atomic E-state index is 0.0904. The monoisotopic (exact) mass is 292 g/mol. The lowest BCUT2D eigenvalue weighted by Gasteiger charge is -2.01. The van der Waals surface area contributed by atoms with Gasteiger partial charge in [0.25, 0.3) is 0 Å². The predicted octanol–water partition coefficient (Wildman–Crippen LogP) is 3.15. The Morgan fingerprint density at radius 2 is 1.45 bits per heavy atom. The molecule has 0 atom stereocenters. The molecule has 0 bridgehead atoms. The van der Waals surface area contributed by atoms with Crippen LogP contribution >= 0.6 is 11.6 Å². The standard InChI is InChI=1S/C9H9ClO2.C7H8O/c10-6-9(11)12-7-8-4-2-1-3-5-8;8-6-7-4-2-1-3-5-7/h1-5H,6-7H2;1-5,8H,6H2. The van der Waals surface area contributed by atoms with Gasteiger partial charge in [-0.3, -0.25) is 4.79 Å². The van der Waals surface area contributed by atoms with Gasteiger partial charge in [-0.25, -0.2) is 0 Å². The molecule has 0 saturated heterocycles. The topological polar surface area (TPSA) is 46.5 Å². The van der Waals surface area contributed by atoms with Crippen LogP contribution in [0.15, 0.2) is 60.7 Å². The molecule has 0 aliphatic rings. The molecule has 20 heavy (non-hydrogen) atoms. The molecule has 4 heteroatoms. The van der Waals surface area contributed by atoms with Crippen LogP contribution in [-0.4, -0.2) is 17.0 Å². The van der Waals surface area contributed by atoms with Crippen LogP contribution in [0, 0.1) is 0 Å². The van der Waals surface area contributed by atoms with Crippen LogP contribution < -0.4 is 0 Å². The Morgan fingerprint density at radius 3 is 1.85 bits per heavy atom. The van der Waals surface area contributed by atoms with Crippen molar-refractivity contribution in [1.82, 2.24) is 0 Å². The molecule has 0 aromatic heterocycles. The number of aliphatic hydroxyl groups is 1. The number of aliphatic hydroxyl groups excluding tert-OH is 1. The Bertz CT molecular complexity index is 486. The highest BCUT2D eigenvalue weighted by Gasteiger charge is 1.98. The van der Waals surface area contributed by atoms with Gasteiger partial charge in [-0.15, -0.1) is 11.6 Å². The second kappa shape index (κ2) is 10.0. The average molecular weight is 293 g/mol. The number of carbonyl (C=O) groups excluding carboxylic acids is 1. The largest absolute Gasteiger partial charge is 0.460 e. The lowest BCUT2D eigenvalue weighted by Crippen LogP contribution is -2.05. The molecular formula is C16H17ClO3. The summed E-state index contributed by atoms with van der Waals surface area (Å²) < 4.78 is 4.81. The summed E-state index contributed by atoms with van der Waals surface area (Å²) in [5.74, 6) is -0.479. The quantitative estimate of drug-likeness (QED) is 0.695. The van der Waals surface area contributed by atoms with Gasteiger partial charge in [0.05, 0.1) is 6.61 Å². The lowest BCUT2D eigenvalue weighted by molar-refractivity contribution is -0.141. The highest BCUT2D eigenvalue weighted by molar-refractivity contribution is 6.26. The van der Waals surface area contributed by atoms with Crippen LogP contribution in [0.4, 0.5) is 0 Å². The summed E-state index contributed by atoms with van der Waals surface area (Å²) in [5.41, 5.74) is 1.93. The smallest absolute Gasteiger partial charge is 0.321 e. The van der Waals surface area contributed by atoms with E-state index in [1.165, 1.54) is 0 Å². The summed E-state index contributed by atoms with van der Waals surface area (Å²) in [6.07, 6.45) is 0. The second-order valence-corrected chi connectivity index (χ2v) is 4.19. The Morgan fingerprint density at radius 1 is 0.950 bits per heavy atom. The van der Waals surface area contributed by atoms with E-state index >= 15 is 0 Å². The minimum Gasteiger partial charge on any atom is -0.460 e. The lowest BCUT2D eigenvalue weighted by atomic mass is 10.2. The van der Waals surface area contributed by atoms with Crippen LogP contribution in [0.25, 0.3) is 0 Å². The van der Waals surface area contributed by atoms with E-state index in [1.807, 2.05) is 60.7 Å². The van der Waals surface area contributed by atoms with Crippen LogP contribution in [0.5, 0.6) is 0 Å². The number of benzene rings is 2. The number of alkyl halides is 1. The van der Waals surface area contributed by atoms with Gasteiger partial charge in [0, 0.05) is 0 Å². The normalized spacial score (nSPS) is 9.30. The zero-order valence-electron chi connectivity index (χ0n) is 11.0. The van der Waals surface area contributed by atoms with Gasteiger partial charge >= 0.3 is 5.97 Å². The van der Waals surface area contributed by atoms with Gasteiger partial charge in [0.1, 0.15) is 12.5 Å². The fourth-order valence-electron chi connectivity index (χ4n) is 1.36. The number of hydrogen-bond donors (Lipinski definition) is 1. The third-order valence-corrected chi connectivity index (χ3v) is 2.60. The molecule has 1 N–H and O–H groups in total. The third-order valence-electron chi connectivity index (χ3n) is 2.38. The molecule has 0 saturated carbocycles. The minimum atomic E-state index is -0.388. The Labute approximate surface area is 123 Å². The molecule has 2 aromatic carbocycles. The van der Waals surface area contributed by atoms with Gasteiger partial charge in [0.2, 0.25) is 0 Å². The van der Waals surface area contributed by atoms with Crippen molar-refractivity contribution in [2.75, 3.05) is 5.88 Å². The molecular weight excluding hydrogens is 276 g/mol. The maximum absolute atomic E-state index is 10.6. The number of esters is 1. The number of carbonyl (C=O) groups is 1. The van der Waals surface area contributed by atoms with Crippen LogP contribution in [0.3, 0.4) is 0 Å². The fourth-order valence-corrected chi connectivity index (χ4v) is 1.44. The highest BCUT2D eigenvalue weighted by Crippen LogP contribution is 2.00. The SMILES string of the molecule is O=C(CCl)OCc1ccccc1.OCc1ccccc1. The van der Waals surface area contributed by atoms with Gasteiger partial charge in [0.15, 0.2) is 0 Å². The van der Waals surface area contributed by atoms with Crippen molar-refractivity contribution < 1.29 is 14.6 Å². The van der Waals surface area contributed by atoms with Gasteiger partial charge in [-0.2, -0.15) is 0 Å². The zero-order chi connectivity index (χ0) is 14.6. The van der Waals surface area contributed by atoms with Crippen molar-refractivity contribution in [3.05, 3.63) is 71.8 Å². The summed E-state index contributed by atoms with van der Waals surface area (Å²) in [4.78, 5) is 10.6. The molecule has 0 unspecified atom stereocenters. The van der Waals surface area contributed by atoms with Gasteiger partial charge in [-0.05, 0) is 11.1 Å². The Hall–Kier alpha value is -1.84. The van der Waals surface area contributed by atoms with Crippen molar-refractivity contribution in [3.63, 3.8) is 0 Å². The van der Waals surface area contributed by atoms with Crippen LogP contribution in [-0.2, 0) is 22.7 Å². The molecule has 0 aliphatic heterocycles. The predicted molar refractivity (Wildman–Crippen MR) is 79.3 cm³/mol. The summed E-state index contributed by atoms with van der Waals surface area (Å²) in [5, 5.41) is 8.54. The van der Waals surface area contributed by atoms with Gasteiger partial charge in [-0.1, -0.05) is 60.7 Å². The number of rotatable bonds is 4. The summed E-state index contributed by atoms with van der Waals surface area (Å²) in [6.45, 7) is 0.438. The van der Waals surface area contributed by atoms with Gasteiger partial charge < -0.3 is 9.84 Å². The maximum atomic E-state index is 10.6. The van der Waals surface area contributed by atoms with Crippen molar-refractivity contribution in [3.8, 4) is 0 Å². The molecule has 106 valence electrons. The Balaban J connectivity index is 0.000000217. The van der Waals surface area contributed by atoms with E-state index in [9.17, 15) is 4.79 Å². The first-order valence-corrected chi connectivity index (χ1v) is 6.70. The molecule has 0 amide bonds. The molecule has 0 heterocycles. The van der Waals surface area contributed by atoms with Crippen molar-refractivity contribution in [1.29, 1.82) is 0 Å². The number of halogens is 1. The maximum Gasteiger partial charge on any atom is 0.321 e. The van der Waals surface area contributed by atoms with E-state index in [2.05, 4.69) is 0 Å². The van der Waals surface area contributed by atoms with Crippen molar-refractivity contribution in [2.24, 2.45) is 0 Å². The molecule has 0 spiro atoms. The molecule has 2 rings (SSSR count). The number of hydrogen-bond acceptors (Lipinski definition) is 3. The molecule has 3 nitrogen and oxygen atoms in total. The van der Waals surface area contributed by atoms with E-state index in [0.717, 1.165) is 11.1 Å². The first kappa shape index (κ1) is 16.2. The van der Waals surface area contributed by atoms with E-state index in [0.29, 0.717) is 6.61 Å². The molecule has 2 aromatic rings. The summed E-state index contributed by atoms with van der Waals surface area (Å²) in [7, 11) is 0. The van der Waals surface area contributed by atoms with E-state index in [4.69, 9.17) is 21.4 Å². The average Bonchev–Trinajstić information content (AvgIpc) is 2.55. The third kappa shape index (κ3) is 6.92. The summed E-state index contributed by atoms with van der Waals surface area (Å²) >= 11 is 5.24.